The topological polar surface area (TPSA) is 37.4 Å². The Morgan fingerprint density at radius 2 is 2.24 bits per heavy atom. The van der Waals surface area contributed by atoms with Crippen molar-refractivity contribution in [2.75, 3.05) is 31.7 Å². The van der Waals surface area contributed by atoms with Crippen molar-refractivity contribution < 1.29 is 4.74 Å². The van der Waals surface area contributed by atoms with Crippen LogP contribution in [0.4, 0.5) is 5.82 Å². The van der Waals surface area contributed by atoms with Gasteiger partial charge >= 0.3 is 0 Å². The minimum absolute atomic E-state index is 0.705. The first-order valence-corrected chi connectivity index (χ1v) is 8.12. The third-order valence-electron chi connectivity index (χ3n) is 3.87. The second-order valence-electron chi connectivity index (χ2n) is 6.26. The normalized spacial score (nSPS) is 14.7. The molecule has 0 saturated heterocycles. The Hall–Kier alpha value is -1.13. The highest BCUT2D eigenvalue weighted by Crippen LogP contribution is 2.32. The van der Waals surface area contributed by atoms with Crippen molar-refractivity contribution in [3.05, 3.63) is 23.9 Å². The number of hydrogen-bond acceptors (Lipinski definition) is 4. The minimum atomic E-state index is 0.705. The van der Waals surface area contributed by atoms with Gasteiger partial charge in [0.25, 0.3) is 0 Å². The van der Waals surface area contributed by atoms with Crippen molar-refractivity contribution >= 4 is 5.82 Å². The molecule has 0 amide bonds. The van der Waals surface area contributed by atoms with Crippen molar-refractivity contribution in [3.63, 3.8) is 0 Å². The SMILES string of the molecule is COCCNCc1cccnc1N(CCC(C)C)C1CC1. The van der Waals surface area contributed by atoms with Gasteiger partial charge in [-0.2, -0.15) is 0 Å². The molecule has 21 heavy (non-hydrogen) atoms. The summed E-state index contributed by atoms with van der Waals surface area (Å²) >= 11 is 0. The van der Waals surface area contributed by atoms with Crippen molar-refractivity contribution in [1.29, 1.82) is 0 Å². The molecule has 4 nitrogen and oxygen atoms in total. The van der Waals surface area contributed by atoms with Gasteiger partial charge in [-0.05, 0) is 31.2 Å². The molecule has 0 aromatic carbocycles. The average Bonchev–Trinajstić information content (AvgIpc) is 3.29. The second kappa shape index (κ2) is 8.35. The Labute approximate surface area is 128 Å². The summed E-state index contributed by atoms with van der Waals surface area (Å²) in [6, 6.07) is 4.92. The van der Waals surface area contributed by atoms with E-state index in [1.54, 1.807) is 7.11 Å². The van der Waals surface area contributed by atoms with Crippen LogP contribution in [-0.2, 0) is 11.3 Å². The number of nitrogens with zero attached hydrogens (tertiary/aromatic N) is 2. The molecule has 0 aliphatic heterocycles. The fourth-order valence-electron chi connectivity index (χ4n) is 2.47. The summed E-state index contributed by atoms with van der Waals surface area (Å²) in [5, 5.41) is 3.43. The van der Waals surface area contributed by atoms with Gasteiger partial charge in [-0.3, -0.25) is 0 Å². The molecule has 1 saturated carbocycles. The summed E-state index contributed by atoms with van der Waals surface area (Å²) in [5.74, 6) is 1.91. The van der Waals surface area contributed by atoms with E-state index in [0.717, 1.165) is 32.2 Å². The van der Waals surface area contributed by atoms with Gasteiger partial charge in [-0.25, -0.2) is 4.98 Å². The molecular weight excluding hydrogens is 262 g/mol. The molecule has 1 aromatic heterocycles. The largest absolute Gasteiger partial charge is 0.383 e. The first-order valence-electron chi connectivity index (χ1n) is 8.12. The Bertz CT molecular complexity index is 418. The average molecular weight is 291 g/mol. The summed E-state index contributed by atoms with van der Waals surface area (Å²) < 4.78 is 5.08. The van der Waals surface area contributed by atoms with Gasteiger partial charge in [0.05, 0.1) is 6.61 Å². The maximum atomic E-state index is 5.08. The number of hydrogen-bond donors (Lipinski definition) is 1. The van der Waals surface area contributed by atoms with Gasteiger partial charge in [-0.15, -0.1) is 0 Å². The monoisotopic (exact) mass is 291 g/mol. The smallest absolute Gasteiger partial charge is 0.133 e. The summed E-state index contributed by atoms with van der Waals surface area (Å²) in [4.78, 5) is 7.19. The van der Waals surface area contributed by atoms with Crippen LogP contribution >= 0.6 is 0 Å². The Balaban J connectivity index is 2.01. The van der Waals surface area contributed by atoms with E-state index in [1.807, 2.05) is 12.3 Å². The molecule has 0 spiro atoms. The van der Waals surface area contributed by atoms with E-state index < -0.39 is 0 Å². The van der Waals surface area contributed by atoms with Crippen LogP contribution in [0.3, 0.4) is 0 Å². The minimum Gasteiger partial charge on any atom is -0.383 e. The summed E-state index contributed by atoms with van der Waals surface area (Å²) in [6.45, 7) is 8.17. The van der Waals surface area contributed by atoms with Crippen LogP contribution in [0.2, 0.25) is 0 Å². The van der Waals surface area contributed by atoms with Crippen molar-refractivity contribution in [2.24, 2.45) is 5.92 Å². The van der Waals surface area contributed by atoms with E-state index in [1.165, 1.54) is 30.6 Å². The number of ether oxygens (including phenoxy) is 1. The molecule has 1 heterocycles. The molecule has 2 rings (SSSR count). The standard InChI is InChI=1S/C17H29N3O/c1-14(2)8-11-20(16-6-7-16)17-15(5-4-9-19-17)13-18-10-12-21-3/h4-5,9,14,16,18H,6-8,10-13H2,1-3H3. The maximum Gasteiger partial charge on any atom is 0.133 e. The number of anilines is 1. The lowest BCUT2D eigenvalue weighted by Gasteiger charge is -2.26. The molecule has 1 fully saturated rings. The van der Waals surface area contributed by atoms with Crippen LogP contribution in [0, 0.1) is 5.92 Å². The number of pyridine rings is 1. The highest BCUT2D eigenvalue weighted by Gasteiger charge is 2.30. The van der Waals surface area contributed by atoms with Crippen LogP contribution in [0.15, 0.2) is 18.3 Å². The van der Waals surface area contributed by atoms with Gasteiger partial charge in [-0.1, -0.05) is 19.9 Å². The fraction of sp³-hybridized carbons (Fsp3) is 0.706. The molecule has 0 radical (unpaired) electrons. The van der Waals surface area contributed by atoms with Gasteiger partial charge in [0.2, 0.25) is 0 Å². The van der Waals surface area contributed by atoms with E-state index in [2.05, 4.69) is 35.1 Å². The summed E-state index contributed by atoms with van der Waals surface area (Å²) in [6.07, 6.45) is 5.76. The highest BCUT2D eigenvalue weighted by atomic mass is 16.5. The van der Waals surface area contributed by atoms with Crippen molar-refractivity contribution in [1.82, 2.24) is 10.3 Å². The molecule has 0 atom stereocenters. The van der Waals surface area contributed by atoms with Crippen LogP contribution < -0.4 is 10.2 Å². The first kappa shape index (κ1) is 16.2. The molecule has 1 aromatic rings. The number of rotatable bonds is 10. The molecule has 1 N–H and O–H groups in total. The van der Waals surface area contributed by atoms with Gasteiger partial charge in [0.1, 0.15) is 5.82 Å². The van der Waals surface area contributed by atoms with Crippen LogP contribution in [0.25, 0.3) is 0 Å². The Morgan fingerprint density at radius 3 is 2.90 bits per heavy atom. The lowest BCUT2D eigenvalue weighted by Crippen LogP contribution is -2.30. The summed E-state index contributed by atoms with van der Waals surface area (Å²) in [7, 11) is 1.73. The molecule has 0 unspecified atom stereocenters. The number of nitrogens with one attached hydrogen (secondary N) is 1. The third kappa shape index (κ3) is 5.29. The molecule has 4 heteroatoms. The first-order chi connectivity index (χ1) is 10.2. The van der Waals surface area contributed by atoms with E-state index in [4.69, 9.17) is 4.74 Å². The van der Waals surface area contributed by atoms with E-state index >= 15 is 0 Å². The maximum absolute atomic E-state index is 5.08. The molecular formula is C17H29N3O. The lowest BCUT2D eigenvalue weighted by atomic mass is 10.1. The Kier molecular flexibility index (Phi) is 6.46. The van der Waals surface area contributed by atoms with Gasteiger partial charge in [0.15, 0.2) is 0 Å². The van der Waals surface area contributed by atoms with Crippen LogP contribution in [-0.4, -0.2) is 37.8 Å². The number of aromatic nitrogens is 1. The third-order valence-corrected chi connectivity index (χ3v) is 3.87. The van der Waals surface area contributed by atoms with Gasteiger partial charge < -0.3 is 15.0 Å². The zero-order valence-electron chi connectivity index (χ0n) is 13.6. The van der Waals surface area contributed by atoms with Gasteiger partial charge in [0, 0.05) is 44.5 Å². The van der Waals surface area contributed by atoms with Crippen LogP contribution in [0.5, 0.6) is 0 Å². The second-order valence-corrected chi connectivity index (χ2v) is 6.26. The predicted molar refractivity (Wildman–Crippen MR) is 87.6 cm³/mol. The van der Waals surface area contributed by atoms with E-state index in [9.17, 15) is 0 Å². The molecule has 0 bridgehead atoms. The van der Waals surface area contributed by atoms with E-state index in [0.29, 0.717) is 6.04 Å². The molecule has 1 aliphatic carbocycles. The zero-order valence-corrected chi connectivity index (χ0v) is 13.6. The number of methoxy groups -OCH3 is 1. The lowest BCUT2D eigenvalue weighted by molar-refractivity contribution is 0.199. The summed E-state index contributed by atoms with van der Waals surface area (Å²) in [5.41, 5.74) is 1.30. The highest BCUT2D eigenvalue weighted by molar-refractivity contribution is 5.48. The van der Waals surface area contributed by atoms with E-state index in [-0.39, 0.29) is 0 Å². The Morgan fingerprint density at radius 1 is 1.43 bits per heavy atom. The van der Waals surface area contributed by atoms with Crippen molar-refractivity contribution in [2.45, 2.75) is 45.7 Å². The quantitative estimate of drug-likeness (QED) is 0.673. The zero-order chi connectivity index (χ0) is 15.1. The fourth-order valence-corrected chi connectivity index (χ4v) is 2.47. The molecule has 118 valence electrons. The molecule has 1 aliphatic rings. The van der Waals surface area contributed by atoms with Crippen molar-refractivity contribution in [3.8, 4) is 0 Å². The van der Waals surface area contributed by atoms with Crippen LogP contribution in [0.1, 0.15) is 38.7 Å². The predicted octanol–water partition coefficient (Wildman–Crippen LogP) is 2.83.